The van der Waals surface area contributed by atoms with Gasteiger partial charge in [0, 0.05) is 66.4 Å². The number of fused-ring (bicyclic) bond motifs is 1. The van der Waals surface area contributed by atoms with E-state index < -0.39 is 0 Å². The lowest BCUT2D eigenvalue weighted by Gasteiger charge is -2.32. The summed E-state index contributed by atoms with van der Waals surface area (Å²) in [4.78, 5) is 28.8. The zero-order valence-electron chi connectivity index (χ0n) is 20.8. The molecule has 0 radical (unpaired) electrons. The number of methoxy groups -OCH3 is 1. The Labute approximate surface area is 211 Å². The number of aliphatic imine (C=N–C) groups is 1. The number of hydrogen-bond acceptors (Lipinski definition) is 6. The number of pyridine rings is 2. The Morgan fingerprint density at radius 3 is 2.94 bits per heavy atom. The van der Waals surface area contributed by atoms with Crippen molar-refractivity contribution in [3.8, 4) is 5.75 Å². The van der Waals surface area contributed by atoms with Crippen LogP contribution >= 0.6 is 0 Å². The van der Waals surface area contributed by atoms with Gasteiger partial charge < -0.3 is 4.74 Å². The van der Waals surface area contributed by atoms with Gasteiger partial charge in [-0.2, -0.15) is 0 Å². The first-order valence-electron chi connectivity index (χ1n) is 12.5. The minimum absolute atomic E-state index is 0.196. The summed E-state index contributed by atoms with van der Waals surface area (Å²) < 4.78 is 19.8. The van der Waals surface area contributed by atoms with Crippen LogP contribution in [0.1, 0.15) is 52.9 Å². The quantitative estimate of drug-likeness (QED) is 0.462. The number of ketones is 1. The van der Waals surface area contributed by atoms with Gasteiger partial charge in [-0.05, 0) is 68.1 Å². The van der Waals surface area contributed by atoms with Crippen molar-refractivity contribution in [1.82, 2.24) is 14.9 Å². The average molecular weight is 487 g/mol. The molecular formula is C29H31FN4O2. The zero-order valence-corrected chi connectivity index (χ0v) is 20.8. The van der Waals surface area contributed by atoms with Gasteiger partial charge in [-0.1, -0.05) is 6.07 Å². The Hall–Kier alpha value is -3.45. The fraction of sp³-hybridized carbons (Fsp3) is 0.379. The van der Waals surface area contributed by atoms with E-state index in [-0.39, 0.29) is 17.5 Å². The standard InChI is InChI=1S/C29H31FN4O2/c1-19-11-21(8-9-31-19)29-25-16-32-23(13-22(25)15-33-29)14-24(35)12-20-5-4-10-34(17-20)18-26-27(30)6-3-7-28(26)36-2/h3,6-9,11,13,16,20H,4-5,10,12,14-15,17-18H2,1-2H3. The SMILES string of the molecule is COc1cccc(F)c1CN1CCCC(CC(=O)Cc2cc3c(cn2)C(c2ccnc(C)c2)=NC3)C1. The highest BCUT2D eigenvalue weighted by Crippen LogP contribution is 2.28. The van der Waals surface area contributed by atoms with Gasteiger partial charge in [-0.15, -0.1) is 0 Å². The van der Waals surface area contributed by atoms with Crippen LogP contribution in [0.5, 0.6) is 5.75 Å². The normalized spacial score (nSPS) is 17.5. The van der Waals surface area contributed by atoms with Crippen molar-refractivity contribution >= 4 is 11.5 Å². The molecule has 0 N–H and O–H groups in total. The number of aryl methyl sites for hydroxylation is 1. The van der Waals surface area contributed by atoms with Gasteiger partial charge in [0.1, 0.15) is 17.3 Å². The van der Waals surface area contributed by atoms with E-state index in [1.54, 1.807) is 25.4 Å². The molecule has 1 saturated heterocycles. The van der Waals surface area contributed by atoms with Gasteiger partial charge in [0.05, 0.1) is 19.4 Å². The van der Waals surface area contributed by atoms with Gasteiger partial charge in [-0.25, -0.2) is 4.39 Å². The lowest BCUT2D eigenvalue weighted by atomic mass is 9.91. The second-order valence-corrected chi connectivity index (χ2v) is 9.77. The Morgan fingerprint density at radius 2 is 2.11 bits per heavy atom. The molecule has 3 aromatic rings. The number of halogens is 1. The molecule has 1 unspecified atom stereocenters. The van der Waals surface area contributed by atoms with Gasteiger partial charge in [0.25, 0.3) is 0 Å². The van der Waals surface area contributed by atoms with E-state index in [9.17, 15) is 9.18 Å². The molecule has 7 heteroatoms. The van der Waals surface area contributed by atoms with Crippen LogP contribution in [-0.2, 0) is 24.3 Å². The third kappa shape index (κ3) is 5.36. The maximum Gasteiger partial charge on any atom is 0.139 e. The second kappa shape index (κ2) is 10.7. The lowest BCUT2D eigenvalue weighted by Crippen LogP contribution is -2.36. The molecule has 0 spiro atoms. The summed E-state index contributed by atoms with van der Waals surface area (Å²) in [7, 11) is 1.57. The molecule has 4 heterocycles. The third-order valence-electron chi connectivity index (χ3n) is 7.05. The number of aromatic nitrogens is 2. The van der Waals surface area contributed by atoms with Crippen molar-refractivity contribution in [2.45, 2.75) is 45.7 Å². The zero-order chi connectivity index (χ0) is 25.1. The van der Waals surface area contributed by atoms with Crippen LogP contribution in [0.3, 0.4) is 0 Å². The van der Waals surface area contributed by atoms with Crippen LogP contribution in [0.2, 0.25) is 0 Å². The molecule has 186 valence electrons. The average Bonchev–Trinajstić information content (AvgIpc) is 3.29. The molecule has 2 aromatic heterocycles. The molecule has 1 fully saturated rings. The van der Waals surface area contributed by atoms with E-state index in [0.717, 1.165) is 59.7 Å². The van der Waals surface area contributed by atoms with Crippen LogP contribution in [0.25, 0.3) is 0 Å². The summed E-state index contributed by atoms with van der Waals surface area (Å²) in [5.41, 5.74) is 6.45. The van der Waals surface area contributed by atoms with Gasteiger partial charge in [-0.3, -0.25) is 24.7 Å². The number of carbonyl (C=O) groups excluding carboxylic acids is 1. The van der Waals surface area contributed by atoms with E-state index in [1.165, 1.54) is 6.07 Å². The smallest absolute Gasteiger partial charge is 0.139 e. The second-order valence-electron chi connectivity index (χ2n) is 9.77. The van der Waals surface area contributed by atoms with Gasteiger partial charge in [0.15, 0.2) is 0 Å². The molecule has 0 saturated carbocycles. The van der Waals surface area contributed by atoms with Crippen LogP contribution in [-0.4, -0.2) is 46.6 Å². The van der Waals surface area contributed by atoms with Crippen LogP contribution in [0.4, 0.5) is 4.39 Å². The third-order valence-corrected chi connectivity index (χ3v) is 7.05. The molecule has 1 aromatic carbocycles. The number of nitrogens with zero attached hydrogens (tertiary/aromatic N) is 4. The van der Waals surface area contributed by atoms with Crippen LogP contribution in [0.15, 0.2) is 53.8 Å². The number of hydrogen-bond donors (Lipinski definition) is 0. The molecule has 2 aliphatic rings. The van der Waals surface area contributed by atoms with E-state index in [1.807, 2.05) is 31.3 Å². The predicted molar refractivity (Wildman–Crippen MR) is 137 cm³/mol. The molecule has 0 aliphatic carbocycles. The molecule has 6 nitrogen and oxygen atoms in total. The van der Waals surface area contributed by atoms with Crippen molar-refractivity contribution < 1.29 is 13.9 Å². The largest absolute Gasteiger partial charge is 0.496 e. The van der Waals surface area contributed by atoms with Crippen molar-refractivity contribution in [3.05, 3.63) is 88.3 Å². The number of carbonyl (C=O) groups is 1. The number of piperidine rings is 1. The maximum absolute atomic E-state index is 14.4. The lowest BCUT2D eigenvalue weighted by molar-refractivity contribution is -0.119. The summed E-state index contributed by atoms with van der Waals surface area (Å²) in [5.74, 6) is 0.786. The Kier molecular flexibility index (Phi) is 7.18. The molecule has 2 aliphatic heterocycles. The Morgan fingerprint density at radius 1 is 1.22 bits per heavy atom. The van der Waals surface area contributed by atoms with Crippen molar-refractivity contribution in [3.63, 3.8) is 0 Å². The molecule has 0 amide bonds. The number of ether oxygens (including phenoxy) is 1. The summed E-state index contributed by atoms with van der Waals surface area (Å²) >= 11 is 0. The maximum atomic E-state index is 14.4. The summed E-state index contributed by atoms with van der Waals surface area (Å²) in [6.45, 7) is 4.74. The molecule has 1 atom stereocenters. The minimum atomic E-state index is -0.249. The van der Waals surface area contributed by atoms with E-state index in [4.69, 9.17) is 9.73 Å². The Balaban J connectivity index is 1.19. The van der Waals surface area contributed by atoms with Crippen molar-refractivity contribution in [1.29, 1.82) is 0 Å². The summed E-state index contributed by atoms with van der Waals surface area (Å²) in [5, 5.41) is 0. The van der Waals surface area contributed by atoms with Gasteiger partial charge in [0.2, 0.25) is 0 Å². The van der Waals surface area contributed by atoms with Crippen molar-refractivity contribution in [2.75, 3.05) is 20.2 Å². The van der Waals surface area contributed by atoms with Gasteiger partial charge >= 0.3 is 0 Å². The van der Waals surface area contributed by atoms with E-state index >= 15 is 0 Å². The number of rotatable bonds is 8. The highest BCUT2D eigenvalue weighted by atomic mass is 19.1. The monoisotopic (exact) mass is 486 g/mol. The predicted octanol–water partition coefficient (Wildman–Crippen LogP) is 4.70. The fourth-order valence-electron chi connectivity index (χ4n) is 5.34. The highest BCUT2D eigenvalue weighted by Gasteiger charge is 2.25. The number of Topliss-reactive ketones (excluding diaryl/α,β-unsaturated/α-hetero) is 1. The van der Waals surface area contributed by atoms with E-state index in [0.29, 0.717) is 37.2 Å². The molecule has 36 heavy (non-hydrogen) atoms. The fourth-order valence-corrected chi connectivity index (χ4v) is 5.34. The first-order valence-corrected chi connectivity index (χ1v) is 12.5. The highest BCUT2D eigenvalue weighted by molar-refractivity contribution is 6.15. The first-order chi connectivity index (χ1) is 17.5. The van der Waals surface area contributed by atoms with Crippen LogP contribution < -0.4 is 4.74 Å². The summed E-state index contributed by atoms with van der Waals surface area (Å²) in [6.07, 6.45) is 6.50. The minimum Gasteiger partial charge on any atom is -0.496 e. The van der Waals surface area contributed by atoms with Crippen LogP contribution in [0, 0.1) is 18.7 Å². The first kappa shape index (κ1) is 24.3. The number of benzene rings is 1. The molecular weight excluding hydrogens is 455 g/mol. The van der Waals surface area contributed by atoms with Crippen molar-refractivity contribution in [2.24, 2.45) is 10.9 Å². The van der Waals surface area contributed by atoms with E-state index in [2.05, 4.69) is 14.9 Å². The summed E-state index contributed by atoms with van der Waals surface area (Å²) in [6, 6.07) is 10.9. The topological polar surface area (TPSA) is 67.7 Å². The number of likely N-dealkylation sites (tertiary alicyclic amines) is 1. The Bertz CT molecular complexity index is 1310. The molecule has 0 bridgehead atoms. The molecule has 5 rings (SSSR count).